The molecule has 0 atom stereocenters. The summed E-state index contributed by atoms with van der Waals surface area (Å²) in [5.74, 6) is -1.31. The number of benzene rings is 1. The van der Waals surface area contributed by atoms with Crippen LogP contribution in [0.2, 0.25) is 0 Å². The molecule has 7 nitrogen and oxygen atoms in total. The van der Waals surface area contributed by atoms with Gasteiger partial charge in [0.1, 0.15) is 5.69 Å². The van der Waals surface area contributed by atoms with E-state index in [1.54, 1.807) is 7.05 Å². The zero-order chi connectivity index (χ0) is 17.0. The number of aliphatic carboxylic acids is 1. The van der Waals surface area contributed by atoms with Gasteiger partial charge in [0.25, 0.3) is 5.69 Å². The van der Waals surface area contributed by atoms with Crippen LogP contribution in [0.1, 0.15) is 48.9 Å². The van der Waals surface area contributed by atoms with Gasteiger partial charge in [0.2, 0.25) is 0 Å². The van der Waals surface area contributed by atoms with Crippen molar-refractivity contribution in [3.8, 4) is 0 Å². The topological polar surface area (TPSA) is 110 Å². The third kappa shape index (κ3) is 3.49. The summed E-state index contributed by atoms with van der Waals surface area (Å²) < 4.78 is 0. The molecular formula is C16H20N2O5. The molecule has 23 heavy (non-hydrogen) atoms. The molecule has 0 saturated heterocycles. The largest absolute Gasteiger partial charge is 0.481 e. The van der Waals surface area contributed by atoms with Crippen molar-refractivity contribution < 1.29 is 19.6 Å². The molecule has 1 aliphatic carbocycles. The van der Waals surface area contributed by atoms with Crippen molar-refractivity contribution in [3.05, 3.63) is 33.9 Å². The fraction of sp³-hybridized carbons (Fsp3) is 0.500. The van der Waals surface area contributed by atoms with Gasteiger partial charge in [-0.15, -0.1) is 0 Å². The van der Waals surface area contributed by atoms with Gasteiger partial charge in [-0.05, 0) is 25.0 Å². The molecule has 0 amide bonds. The Kier molecular flexibility index (Phi) is 4.98. The number of carboxylic acid groups (broad SMARTS) is 1. The Morgan fingerprint density at radius 2 is 1.96 bits per heavy atom. The van der Waals surface area contributed by atoms with Gasteiger partial charge in [0.05, 0.1) is 11.3 Å². The molecular weight excluding hydrogens is 300 g/mol. The van der Waals surface area contributed by atoms with Crippen LogP contribution in [0, 0.1) is 15.5 Å². The average molecular weight is 320 g/mol. The standard InChI is InChI=1S/C16H20N2O5/c1-17-12-6-5-11(9-13(12)18(22)23)15(21)16(10-14(19)20)7-3-2-4-8-16/h5-6,9,17H,2-4,7-8,10H2,1H3,(H,19,20). The van der Waals surface area contributed by atoms with Crippen LogP contribution in [-0.2, 0) is 4.79 Å². The van der Waals surface area contributed by atoms with Crippen LogP contribution < -0.4 is 5.32 Å². The van der Waals surface area contributed by atoms with Gasteiger partial charge in [-0.3, -0.25) is 19.7 Å². The first kappa shape index (κ1) is 16.9. The Hall–Kier alpha value is -2.44. The van der Waals surface area contributed by atoms with Crippen LogP contribution in [0.5, 0.6) is 0 Å². The number of Topliss-reactive ketones (excluding diaryl/α,β-unsaturated/α-hetero) is 1. The number of hydrogen-bond donors (Lipinski definition) is 2. The van der Waals surface area contributed by atoms with E-state index in [-0.39, 0.29) is 23.5 Å². The maximum Gasteiger partial charge on any atom is 0.304 e. The number of rotatable bonds is 6. The molecule has 124 valence electrons. The predicted octanol–water partition coefficient (Wildman–Crippen LogP) is 3.24. The first-order valence-corrected chi connectivity index (χ1v) is 7.62. The van der Waals surface area contributed by atoms with Crippen molar-refractivity contribution in [2.75, 3.05) is 12.4 Å². The third-order valence-electron chi connectivity index (χ3n) is 4.51. The van der Waals surface area contributed by atoms with Gasteiger partial charge in [-0.2, -0.15) is 0 Å². The lowest BCUT2D eigenvalue weighted by Gasteiger charge is -2.34. The SMILES string of the molecule is CNc1ccc(C(=O)C2(CC(=O)O)CCCCC2)cc1[N+](=O)[O-]. The van der Waals surface area contributed by atoms with Gasteiger partial charge in [-0.25, -0.2) is 0 Å². The van der Waals surface area contributed by atoms with E-state index in [1.807, 2.05) is 0 Å². The van der Waals surface area contributed by atoms with Crippen LogP contribution in [-0.4, -0.2) is 28.8 Å². The molecule has 2 N–H and O–H groups in total. The molecule has 2 rings (SSSR count). The second-order valence-corrected chi connectivity index (χ2v) is 5.98. The summed E-state index contributed by atoms with van der Waals surface area (Å²) in [5, 5.41) is 23.0. The molecule has 1 aliphatic rings. The van der Waals surface area contributed by atoms with Gasteiger partial charge < -0.3 is 10.4 Å². The number of carbonyl (C=O) groups is 2. The number of ketones is 1. The molecule has 0 radical (unpaired) electrons. The number of anilines is 1. The molecule has 1 aromatic rings. The fourth-order valence-electron chi connectivity index (χ4n) is 3.34. The van der Waals surface area contributed by atoms with E-state index in [2.05, 4.69) is 5.32 Å². The monoisotopic (exact) mass is 320 g/mol. The van der Waals surface area contributed by atoms with Crippen LogP contribution in [0.25, 0.3) is 0 Å². The number of nitro groups is 1. The molecule has 1 saturated carbocycles. The highest BCUT2D eigenvalue weighted by Gasteiger charge is 2.42. The molecule has 0 bridgehead atoms. The van der Waals surface area contributed by atoms with Crippen LogP contribution in [0.15, 0.2) is 18.2 Å². The van der Waals surface area contributed by atoms with E-state index in [0.717, 1.165) is 19.3 Å². The lowest BCUT2D eigenvalue weighted by atomic mass is 9.67. The van der Waals surface area contributed by atoms with Crippen molar-refractivity contribution in [2.24, 2.45) is 5.41 Å². The second-order valence-electron chi connectivity index (χ2n) is 5.98. The average Bonchev–Trinajstić information content (AvgIpc) is 2.53. The molecule has 0 heterocycles. The zero-order valence-electron chi connectivity index (χ0n) is 13.0. The molecule has 0 aliphatic heterocycles. The smallest absolute Gasteiger partial charge is 0.304 e. The first-order valence-electron chi connectivity index (χ1n) is 7.62. The number of nitrogens with one attached hydrogen (secondary N) is 1. The Morgan fingerprint density at radius 1 is 1.30 bits per heavy atom. The van der Waals surface area contributed by atoms with E-state index >= 15 is 0 Å². The van der Waals surface area contributed by atoms with E-state index < -0.39 is 16.3 Å². The molecule has 1 aromatic carbocycles. The summed E-state index contributed by atoms with van der Waals surface area (Å²) in [6, 6.07) is 4.26. The molecule has 7 heteroatoms. The second kappa shape index (κ2) is 6.76. The lowest BCUT2D eigenvalue weighted by molar-refractivity contribution is -0.384. The van der Waals surface area contributed by atoms with Gasteiger partial charge in [-0.1, -0.05) is 19.3 Å². The third-order valence-corrected chi connectivity index (χ3v) is 4.51. The zero-order valence-corrected chi connectivity index (χ0v) is 13.0. The minimum atomic E-state index is -1.01. The number of nitrogens with zero attached hydrogens (tertiary/aromatic N) is 1. The van der Waals surface area contributed by atoms with Gasteiger partial charge in [0.15, 0.2) is 5.78 Å². The Bertz CT molecular complexity index is 635. The van der Waals surface area contributed by atoms with Crippen molar-refractivity contribution in [2.45, 2.75) is 38.5 Å². The molecule has 1 fully saturated rings. The Morgan fingerprint density at radius 3 is 2.48 bits per heavy atom. The summed E-state index contributed by atoms with van der Waals surface area (Å²) in [6.45, 7) is 0. The van der Waals surface area contributed by atoms with Gasteiger partial charge >= 0.3 is 5.97 Å². The highest BCUT2D eigenvalue weighted by molar-refractivity contribution is 6.03. The summed E-state index contributed by atoms with van der Waals surface area (Å²) in [6.07, 6.45) is 3.38. The summed E-state index contributed by atoms with van der Waals surface area (Å²) in [5.41, 5.74) is -0.597. The first-order chi connectivity index (χ1) is 10.9. The van der Waals surface area contributed by atoms with E-state index in [4.69, 9.17) is 0 Å². The lowest BCUT2D eigenvalue weighted by Crippen LogP contribution is -2.36. The summed E-state index contributed by atoms with van der Waals surface area (Å²) in [4.78, 5) is 34.7. The Balaban J connectivity index is 2.42. The van der Waals surface area contributed by atoms with Crippen molar-refractivity contribution in [1.82, 2.24) is 0 Å². The van der Waals surface area contributed by atoms with Gasteiger partial charge in [0, 0.05) is 24.1 Å². The maximum atomic E-state index is 12.9. The Labute approximate surface area is 133 Å². The summed E-state index contributed by atoms with van der Waals surface area (Å²) in [7, 11) is 1.57. The molecule has 0 aromatic heterocycles. The normalized spacial score (nSPS) is 16.6. The van der Waals surface area contributed by atoms with Crippen molar-refractivity contribution >= 4 is 23.1 Å². The van der Waals surface area contributed by atoms with Crippen LogP contribution >= 0.6 is 0 Å². The number of hydrogen-bond acceptors (Lipinski definition) is 5. The minimum Gasteiger partial charge on any atom is -0.481 e. The predicted molar refractivity (Wildman–Crippen MR) is 84.7 cm³/mol. The quantitative estimate of drug-likeness (QED) is 0.473. The van der Waals surface area contributed by atoms with Crippen molar-refractivity contribution in [3.63, 3.8) is 0 Å². The highest BCUT2D eigenvalue weighted by Crippen LogP contribution is 2.42. The number of carbonyl (C=O) groups excluding carboxylic acids is 1. The van der Waals surface area contributed by atoms with Crippen molar-refractivity contribution in [1.29, 1.82) is 0 Å². The molecule has 0 unspecified atom stereocenters. The van der Waals surface area contributed by atoms with Crippen LogP contribution in [0.3, 0.4) is 0 Å². The fourth-order valence-corrected chi connectivity index (χ4v) is 3.34. The number of nitro benzene ring substituents is 1. The number of carboxylic acids is 1. The van der Waals surface area contributed by atoms with Crippen LogP contribution in [0.4, 0.5) is 11.4 Å². The highest BCUT2D eigenvalue weighted by atomic mass is 16.6. The van der Waals surface area contributed by atoms with E-state index in [1.165, 1.54) is 18.2 Å². The maximum absolute atomic E-state index is 12.9. The minimum absolute atomic E-state index is 0.181. The summed E-state index contributed by atoms with van der Waals surface area (Å²) >= 11 is 0. The molecule has 0 spiro atoms. The van der Waals surface area contributed by atoms with E-state index in [9.17, 15) is 24.8 Å². The van der Waals surface area contributed by atoms with E-state index in [0.29, 0.717) is 18.5 Å².